The van der Waals surface area contributed by atoms with Crippen molar-refractivity contribution in [3.05, 3.63) is 95.0 Å². The normalized spacial score (nSPS) is 26.2. The molecule has 0 bridgehead atoms. The van der Waals surface area contributed by atoms with Crippen LogP contribution in [0.2, 0.25) is 0 Å². The van der Waals surface area contributed by atoms with Gasteiger partial charge in [0.15, 0.2) is 5.76 Å². The van der Waals surface area contributed by atoms with Gasteiger partial charge in [-0.05, 0) is 62.6 Å². The van der Waals surface area contributed by atoms with Crippen LogP contribution >= 0.6 is 0 Å². The van der Waals surface area contributed by atoms with Crippen LogP contribution in [-0.4, -0.2) is 40.9 Å². The molecule has 0 amide bonds. The van der Waals surface area contributed by atoms with E-state index in [-0.39, 0.29) is 16.9 Å². The van der Waals surface area contributed by atoms with Gasteiger partial charge < -0.3 is 9.47 Å². The number of fused-ring (bicyclic) bond motifs is 3. The van der Waals surface area contributed by atoms with E-state index in [1.807, 2.05) is 56.3 Å². The highest BCUT2D eigenvalue weighted by Crippen LogP contribution is 2.43. The van der Waals surface area contributed by atoms with Crippen molar-refractivity contribution in [2.24, 2.45) is 16.8 Å². The molecule has 39 heavy (non-hydrogen) atoms. The van der Waals surface area contributed by atoms with Gasteiger partial charge in [-0.3, -0.25) is 9.30 Å². The number of hydrogen-bond donors (Lipinski definition) is 0. The molecule has 1 aliphatic heterocycles. The Morgan fingerprint density at radius 2 is 1.74 bits per heavy atom. The summed E-state index contributed by atoms with van der Waals surface area (Å²) in [5.41, 5.74) is 5.09. The van der Waals surface area contributed by atoms with Gasteiger partial charge in [-0.25, -0.2) is 8.42 Å². The van der Waals surface area contributed by atoms with E-state index in [1.165, 1.54) is 22.7 Å². The maximum absolute atomic E-state index is 13.2. The summed E-state index contributed by atoms with van der Waals surface area (Å²) < 4.78 is 39.4. The smallest absolute Gasteiger partial charge is 0.264 e. The molecule has 3 unspecified atom stereocenters. The Labute approximate surface area is 232 Å². The molecule has 206 valence electrons. The first-order chi connectivity index (χ1) is 18.8. The fourth-order valence-corrected chi connectivity index (χ4v) is 7.16. The number of allylic oxidation sites excluding steroid dienone is 3. The molecule has 2 aliphatic carbocycles. The van der Waals surface area contributed by atoms with Gasteiger partial charge in [0.25, 0.3) is 10.0 Å². The molecule has 1 fully saturated rings. The van der Waals surface area contributed by atoms with Crippen molar-refractivity contribution < 1.29 is 17.9 Å². The molecule has 0 radical (unpaired) electrons. The van der Waals surface area contributed by atoms with Crippen LogP contribution in [0.3, 0.4) is 0 Å². The third kappa shape index (κ3) is 5.42. The number of sulfonamides is 1. The van der Waals surface area contributed by atoms with Gasteiger partial charge in [0.05, 0.1) is 36.1 Å². The Kier molecular flexibility index (Phi) is 7.98. The van der Waals surface area contributed by atoms with E-state index in [1.54, 1.807) is 26.3 Å². The second-order valence-electron chi connectivity index (χ2n) is 10.5. The van der Waals surface area contributed by atoms with Gasteiger partial charge in [-0.2, -0.15) is 0 Å². The van der Waals surface area contributed by atoms with E-state index >= 15 is 0 Å². The minimum absolute atomic E-state index is 0.0394. The van der Waals surface area contributed by atoms with Crippen molar-refractivity contribution >= 4 is 21.4 Å². The lowest BCUT2D eigenvalue weighted by Gasteiger charge is -2.40. The lowest BCUT2D eigenvalue weighted by molar-refractivity contribution is 0.188. The van der Waals surface area contributed by atoms with E-state index < -0.39 is 10.0 Å². The van der Waals surface area contributed by atoms with Crippen molar-refractivity contribution in [3.63, 3.8) is 0 Å². The van der Waals surface area contributed by atoms with Crippen LogP contribution < -0.4 is 4.31 Å². The average Bonchev–Trinajstić information content (AvgIpc) is 2.94. The predicted octanol–water partition coefficient (Wildman–Crippen LogP) is 6.58. The molecule has 0 spiro atoms. The van der Waals surface area contributed by atoms with Crippen molar-refractivity contribution in [2.45, 2.75) is 56.9 Å². The van der Waals surface area contributed by atoms with Crippen LogP contribution in [0.5, 0.6) is 0 Å². The van der Waals surface area contributed by atoms with Crippen molar-refractivity contribution in [1.82, 2.24) is 0 Å². The zero-order chi connectivity index (χ0) is 27.6. The fourth-order valence-electron chi connectivity index (χ4n) is 5.96. The second kappa shape index (κ2) is 11.4. The highest BCUT2D eigenvalue weighted by Gasteiger charge is 2.38. The fraction of sp³-hybridized carbons (Fsp3) is 0.406. The molecule has 7 heteroatoms. The van der Waals surface area contributed by atoms with Crippen LogP contribution in [0.25, 0.3) is 0 Å². The molecule has 0 N–H and O–H groups in total. The summed E-state index contributed by atoms with van der Waals surface area (Å²) in [6, 6.07) is 15.0. The summed E-state index contributed by atoms with van der Waals surface area (Å²) in [6.45, 7) is 4.54. The topological polar surface area (TPSA) is 68.2 Å². The van der Waals surface area contributed by atoms with Gasteiger partial charge in [-0.1, -0.05) is 60.4 Å². The molecule has 3 aliphatic rings. The number of benzene rings is 2. The van der Waals surface area contributed by atoms with Crippen LogP contribution in [0.4, 0.5) is 5.69 Å². The number of nitrogens with zero attached hydrogens (tertiary/aromatic N) is 2. The summed E-state index contributed by atoms with van der Waals surface area (Å²) in [6.07, 6.45) is 11.9. The maximum atomic E-state index is 13.2. The van der Waals surface area contributed by atoms with Gasteiger partial charge in [-0.15, -0.1) is 0 Å². The standard InChI is InChI=1S/C32H38N2O4S/c1-5-38-31-21-18-26-27-8-6-7-9-29(27)33-32(28(26)19-20-30(31)37-4)23-12-14-24(15-13-23)34(3)39(35,36)25-16-10-22(2)11-17-25/h10-20,27-29H,5-9,21H2,1-4H3/b20-19?,26-18-,31-30-. The number of methoxy groups -OCH3 is 1. The molecule has 0 aromatic heterocycles. The van der Waals surface area contributed by atoms with Crippen molar-refractivity contribution in [1.29, 1.82) is 0 Å². The third-order valence-electron chi connectivity index (χ3n) is 8.10. The SMILES string of the molecule is CCO/C1=C(\OC)C=CC2C(c3ccc(N(C)S(=O)(=O)c4ccc(C)cc4)cc3)=NC3CCCCC3/C2=C/C1. The highest BCUT2D eigenvalue weighted by atomic mass is 32.2. The maximum Gasteiger partial charge on any atom is 0.264 e. The monoisotopic (exact) mass is 546 g/mol. The minimum Gasteiger partial charge on any atom is -0.494 e. The minimum atomic E-state index is -3.66. The van der Waals surface area contributed by atoms with Gasteiger partial charge in [0, 0.05) is 25.3 Å². The van der Waals surface area contributed by atoms with Gasteiger partial charge >= 0.3 is 0 Å². The van der Waals surface area contributed by atoms with E-state index in [2.05, 4.69) is 12.2 Å². The molecule has 1 heterocycles. The number of aliphatic imine (C=N–C) groups is 1. The summed E-state index contributed by atoms with van der Waals surface area (Å²) in [7, 11) is -0.380. The van der Waals surface area contributed by atoms with Crippen molar-refractivity contribution in [3.8, 4) is 0 Å². The Hall–Kier alpha value is -3.32. The van der Waals surface area contributed by atoms with Gasteiger partial charge in [0.1, 0.15) is 5.76 Å². The summed E-state index contributed by atoms with van der Waals surface area (Å²) in [5.74, 6) is 2.09. The number of hydrogen-bond acceptors (Lipinski definition) is 5. The summed E-state index contributed by atoms with van der Waals surface area (Å²) >= 11 is 0. The van der Waals surface area contributed by atoms with E-state index in [9.17, 15) is 8.42 Å². The van der Waals surface area contributed by atoms with Crippen LogP contribution in [-0.2, 0) is 19.5 Å². The van der Waals surface area contributed by atoms with Gasteiger partial charge in [0.2, 0.25) is 0 Å². The zero-order valence-electron chi connectivity index (χ0n) is 23.3. The first-order valence-electron chi connectivity index (χ1n) is 13.8. The van der Waals surface area contributed by atoms with Crippen LogP contribution in [0.15, 0.2) is 93.7 Å². The lowest BCUT2D eigenvalue weighted by Crippen LogP contribution is -2.37. The summed E-state index contributed by atoms with van der Waals surface area (Å²) in [4.78, 5) is 5.60. The number of rotatable bonds is 7. The number of anilines is 1. The zero-order valence-corrected chi connectivity index (χ0v) is 24.1. The summed E-state index contributed by atoms with van der Waals surface area (Å²) in [5, 5.41) is 0. The molecule has 2 aromatic rings. The Morgan fingerprint density at radius 3 is 2.44 bits per heavy atom. The molecule has 5 rings (SSSR count). The molecular weight excluding hydrogens is 508 g/mol. The first kappa shape index (κ1) is 27.3. The van der Waals surface area contributed by atoms with E-state index in [0.29, 0.717) is 24.6 Å². The van der Waals surface area contributed by atoms with E-state index in [4.69, 9.17) is 14.5 Å². The number of aryl methyl sites for hydroxylation is 1. The largest absolute Gasteiger partial charge is 0.494 e. The van der Waals surface area contributed by atoms with Crippen LogP contribution in [0.1, 0.15) is 50.2 Å². The van der Waals surface area contributed by atoms with Crippen molar-refractivity contribution in [2.75, 3.05) is 25.1 Å². The average molecular weight is 547 g/mol. The highest BCUT2D eigenvalue weighted by molar-refractivity contribution is 7.92. The quantitative estimate of drug-likeness (QED) is 0.368. The molecule has 2 aromatic carbocycles. The third-order valence-corrected chi connectivity index (χ3v) is 9.90. The number of ether oxygens (including phenoxy) is 2. The molecular formula is C32H38N2O4S. The molecule has 1 saturated carbocycles. The van der Waals surface area contributed by atoms with E-state index in [0.717, 1.165) is 41.2 Å². The Morgan fingerprint density at radius 1 is 1.03 bits per heavy atom. The first-order valence-corrected chi connectivity index (χ1v) is 15.3. The lowest BCUT2D eigenvalue weighted by atomic mass is 9.70. The molecule has 3 atom stereocenters. The second-order valence-corrected chi connectivity index (χ2v) is 12.4. The molecule has 0 saturated heterocycles. The Bertz CT molecular complexity index is 1420. The Balaban J connectivity index is 1.49. The molecule has 6 nitrogen and oxygen atoms in total. The van der Waals surface area contributed by atoms with Crippen LogP contribution in [0, 0.1) is 18.8 Å². The predicted molar refractivity (Wildman–Crippen MR) is 156 cm³/mol.